The lowest BCUT2D eigenvalue weighted by Gasteiger charge is -2.40. The predicted octanol–water partition coefficient (Wildman–Crippen LogP) is 3.50. The molecule has 2 aliphatic rings. The van der Waals surface area contributed by atoms with Crippen molar-refractivity contribution in [2.45, 2.75) is 25.2 Å². The molecule has 2 heterocycles. The molecule has 8 heteroatoms. The number of benzene rings is 3. The summed E-state index contributed by atoms with van der Waals surface area (Å²) in [5.41, 5.74) is 3.96. The highest BCUT2D eigenvalue weighted by Gasteiger charge is 2.43. The molecule has 0 aromatic heterocycles. The SMILES string of the molecule is CNCc1cc2c(cc1OC)[C@H](O)[C@H]([C@@H]1COc3c(Cc4cccc(O)c4)cc(OC)cc3[C@H]1O)CO2. The Morgan fingerprint density at radius 1 is 0.892 bits per heavy atom. The first-order valence-electron chi connectivity index (χ1n) is 12.4. The van der Waals surface area contributed by atoms with E-state index in [9.17, 15) is 15.3 Å². The van der Waals surface area contributed by atoms with Gasteiger partial charge < -0.3 is 39.6 Å². The molecule has 0 aliphatic carbocycles. The second kappa shape index (κ2) is 10.5. The van der Waals surface area contributed by atoms with Crippen molar-refractivity contribution in [1.29, 1.82) is 0 Å². The molecule has 0 unspecified atom stereocenters. The molecule has 0 fully saturated rings. The summed E-state index contributed by atoms with van der Waals surface area (Å²) in [4.78, 5) is 0. The van der Waals surface area contributed by atoms with Crippen LogP contribution in [0.5, 0.6) is 28.7 Å². The number of phenolic OH excluding ortho intramolecular Hbond substituents is 1. The summed E-state index contributed by atoms with van der Waals surface area (Å²) in [7, 11) is 5.04. The Bertz CT molecular complexity index is 1280. The number of hydrogen-bond acceptors (Lipinski definition) is 8. The minimum absolute atomic E-state index is 0.191. The van der Waals surface area contributed by atoms with E-state index in [1.807, 2.05) is 31.3 Å². The molecule has 5 rings (SSSR count). The number of rotatable bonds is 7. The summed E-state index contributed by atoms with van der Waals surface area (Å²) >= 11 is 0. The maximum atomic E-state index is 11.5. The topological polar surface area (TPSA) is 110 Å². The van der Waals surface area contributed by atoms with Crippen LogP contribution in [0.15, 0.2) is 48.5 Å². The molecule has 0 amide bonds. The van der Waals surface area contributed by atoms with E-state index < -0.39 is 24.0 Å². The Morgan fingerprint density at radius 3 is 2.35 bits per heavy atom. The summed E-state index contributed by atoms with van der Waals surface area (Å²) in [6.45, 7) is 1.08. The smallest absolute Gasteiger partial charge is 0.128 e. The Hall–Kier alpha value is -3.46. The summed E-state index contributed by atoms with van der Waals surface area (Å²) in [5, 5.41) is 35.9. The van der Waals surface area contributed by atoms with Crippen molar-refractivity contribution in [1.82, 2.24) is 5.32 Å². The van der Waals surface area contributed by atoms with Crippen LogP contribution in [0, 0.1) is 11.8 Å². The largest absolute Gasteiger partial charge is 0.508 e. The van der Waals surface area contributed by atoms with Gasteiger partial charge in [-0.1, -0.05) is 12.1 Å². The Labute approximate surface area is 216 Å². The quantitative estimate of drug-likeness (QED) is 0.385. The van der Waals surface area contributed by atoms with Crippen LogP contribution in [0.25, 0.3) is 0 Å². The lowest BCUT2D eigenvalue weighted by Crippen LogP contribution is -2.40. The molecule has 0 spiro atoms. The van der Waals surface area contributed by atoms with Crippen LogP contribution in [0.2, 0.25) is 0 Å². The van der Waals surface area contributed by atoms with Gasteiger partial charge in [-0.05, 0) is 49.0 Å². The zero-order valence-electron chi connectivity index (χ0n) is 21.2. The molecule has 3 aromatic rings. The fourth-order valence-electron chi connectivity index (χ4n) is 5.43. The molecule has 3 aromatic carbocycles. The molecule has 4 atom stereocenters. The Morgan fingerprint density at radius 2 is 1.65 bits per heavy atom. The van der Waals surface area contributed by atoms with E-state index >= 15 is 0 Å². The first-order chi connectivity index (χ1) is 17.9. The van der Waals surface area contributed by atoms with Crippen LogP contribution in [0.3, 0.4) is 0 Å². The molecule has 0 saturated carbocycles. The number of aliphatic hydroxyl groups excluding tert-OH is 2. The maximum Gasteiger partial charge on any atom is 0.128 e. The van der Waals surface area contributed by atoms with Crippen molar-refractivity contribution in [3.63, 3.8) is 0 Å². The second-order valence-electron chi connectivity index (χ2n) is 9.62. The lowest BCUT2D eigenvalue weighted by molar-refractivity contribution is -0.0554. The molecule has 2 aliphatic heterocycles. The number of methoxy groups -OCH3 is 2. The van der Waals surface area contributed by atoms with Crippen LogP contribution < -0.4 is 24.3 Å². The van der Waals surface area contributed by atoms with Crippen molar-refractivity contribution >= 4 is 0 Å². The van der Waals surface area contributed by atoms with E-state index in [2.05, 4.69) is 5.32 Å². The molecular formula is C29H33NO7. The third-order valence-corrected chi connectivity index (χ3v) is 7.34. The minimum Gasteiger partial charge on any atom is -0.508 e. The molecule has 0 radical (unpaired) electrons. The summed E-state index contributed by atoms with van der Waals surface area (Å²) < 4.78 is 23.4. The Balaban J connectivity index is 1.44. The first kappa shape index (κ1) is 25.2. The van der Waals surface area contributed by atoms with E-state index in [4.69, 9.17) is 18.9 Å². The summed E-state index contributed by atoms with van der Waals surface area (Å²) in [6, 6.07) is 14.4. The van der Waals surface area contributed by atoms with E-state index in [1.165, 1.54) is 0 Å². The number of ether oxygens (including phenoxy) is 4. The standard InChI is InChI=1S/C29H33NO7/c1-30-13-18-10-26-21(12-25(18)35-3)27(32)23(14-36-26)24-15-37-29-17(7-16-5-4-6-19(31)8-16)9-20(34-2)11-22(29)28(24)33/h4-6,8-12,23-24,27-28,30-33H,7,13-15H2,1-3H3/t23-,24-,27-,28+/m0/s1. The normalized spacial score (nSPS) is 22.3. The van der Waals surface area contributed by atoms with Gasteiger partial charge >= 0.3 is 0 Å². The monoisotopic (exact) mass is 507 g/mol. The van der Waals surface area contributed by atoms with E-state index in [1.54, 1.807) is 38.5 Å². The number of aromatic hydroxyl groups is 1. The molecule has 0 bridgehead atoms. The highest BCUT2D eigenvalue weighted by molar-refractivity contribution is 5.52. The molecule has 8 nitrogen and oxygen atoms in total. The molecule has 4 N–H and O–H groups in total. The van der Waals surface area contributed by atoms with Gasteiger partial charge in [-0.3, -0.25) is 0 Å². The molecular weight excluding hydrogens is 474 g/mol. The number of nitrogens with one attached hydrogen (secondary N) is 1. The zero-order chi connectivity index (χ0) is 26.1. The van der Waals surface area contributed by atoms with Gasteiger partial charge in [0.15, 0.2) is 0 Å². The highest BCUT2D eigenvalue weighted by atomic mass is 16.5. The number of hydrogen-bond donors (Lipinski definition) is 4. The van der Waals surface area contributed by atoms with Crippen molar-refractivity contribution in [2.75, 3.05) is 34.5 Å². The van der Waals surface area contributed by atoms with Crippen molar-refractivity contribution in [3.8, 4) is 28.7 Å². The average molecular weight is 508 g/mol. The third kappa shape index (κ3) is 4.80. The van der Waals surface area contributed by atoms with Crippen molar-refractivity contribution < 1.29 is 34.3 Å². The highest BCUT2D eigenvalue weighted by Crippen LogP contribution is 2.49. The van der Waals surface area contributed by atoms with Gasteiger partial charge in [-0.2, -0.15) is 0 Å². The van der Waals surface area contributed by atoms with E-state index in [0.29, 0.717) is 47.1 Å². The average Bonchev–Trinajstić information content (AvgIpc) is 2.89. The van der Waals surface area contributed by atoms with Crippen molar-refractivity contribution in [3.05, 3.63) is 76.3 Å². The minimum atomic E-state index is -0.892. The number of aliphatic hydroxyl groups is 2. The fraction of sp³-hybridized carbons (Fsp3) is 0.379. The van der Waals surface area contributed by atoms with Gasteiger partial charge in [0.2, 0.25) is 0 Å². The van der Waals surface area contributed by atoms with Gasteiger partial charge in [-0.25, -0.2) is 0 Å². The van der Waals surface area contributed by atoms with Crippen molar-refractivity contribution in [2.24, 2.45) is 11.8 Å². The molecule has 196 valence electrons. The van der Waals surface area contributed by atoms with Gasteiger partial charge in [0, 0.05) is 47.1 Å². The third-order valence-electron chi connectivity index (χ3n) is 7.34. The Kier molecular flexibility index (Phi) is 7.15. The first-order valence-corrected chi connectivity index (χ1v) is 12.4. The molecule has 0 saturated heterocycles. The van der Waals surface area contributed by atoms with Gasteiger partial charge in [-0.15, -0.1) is 0 Å². The maximum absolute atomic E-state index is 11.5. The van der Waals surface area contributed by atoms with Gasteiger partial charge in [0.05, 0.1) is 39.6 Å². The summed E-state index contributed by atoms with van der Waals surface area (Å²) in [5.74, 6) is 1.90. The second-order valence-corrected chi connectivity index (χ2v) is 9.62. The van der Waals surface area contributed by atoms with Crippen LogP contribution >= 0.6 is 0 Å². The van der Waals surface area contributed by atoms with Crippen LogP contribution in [-0.4, -0.2) is 49.8 Å². The van der Waals surface area contributed by atoms with E-state index in [0.717, 1.165) is 16.7 Å². The zero-order valence-corrected chi connectivity index (χ0v) is 21.2. The number of fused-ring (bicyclic) bond motifs is 2. The van der Waals surface area contributed by atoms with Crippen LogP contribution in [0.4, 0.5) is 0 Å². The fourth-order valence-corrected chi connectivity index (χ4v) is 5.43. The predicted molar refractivity (Wildman–Crippen MR) is 138 cm³/mol. The number of phenols is 1. The lowest BCUT2D eigenvalue weighted by atomic mass is 9.77. The van der Waals surface area contributed by atoms with Crippen LogP contribution in [-0.2, 0) is 13.0 Å². The van der Waals surface area contributed by atoms with Crippen LogP contribution in [0.1, 0.15) is 40.0 Å². The van der Waals surface area contributed by atoms with Gasteiger partial charge in [0.25, 0.3) is 0 Å². The van der Waals surface area contributed by atoms with E-state index in [-0.39, 0.29) is 19.0 Å². The summed E-state index contributed by atoms with van der Waals surface area (Å²) in [6.07, 6.45) is -1.25. The van der Waals surface area contributed by atoms with Gasteiger partial charge in [0.1, 0.15) is 28.7 Å². The molecule has 37 heavy (non-hydrogen) atoms.